The van der Waals surface area contributed by atoms with Crippen LogP contribution in [0.3, 0.4) is 0 Å². The molecule has 0 aliphatic heterocycles. The predicted octanol–water partition coefficient (Wildman–Crippen LogP) is 0.000600. The van der Waals surface area contributed by atoms with Crippen LogP contribution in [0.4, 0.5) is 0 Å². The molecule has 118 valence electrons. The molecule has 0 aliphatic rings. The molecule has 0 fully saturated rings. The predicted molar refractivity (Wildman–Crippen MR) is 67.8 cm³/mol. The molecule has 2 N–H and O–H groups in total. The van der Waals surface area contributed by atoms with Gasteiger partial charge in [-0.25, -0.2) is 4.79 Å². The quantitative estimate of drug-likeness (QED) is 0.431. The Labute approximate surface area is 117 Å². The van der Waals surface area contributed by atoms with Gasteiger partial charge in [0.15, 0.2) is 6.10 Å². The normalized spacial score (nSPS) is 12.2. The zero-order chi connectivity index (χ0) is 15.2. The molecule has 0 spiro atoms. The second kappa shape index (κ2) is 12.8. The molecule has 0 amide bonds. The molecule has 20 heavy (non-hydrogen) atoms. The summed E-state index contributed by atoms with van der Waals surface area (Å²) < 4.78 is 20.3. The van der Waals surface area contributed by atoms with Crippen LogP contribution in [0.5, 0.6) is 0 Å². The van der Waals surface area contributed by atoms with Crippen LogP contribution in [-0.4, -0.2) is 74.5 Å². The van der Waals surface area contributed by atoms with Gasteiger partial charge in [0, 0.05) is 0 Å². The highest BCUT2D eigenvalue weighted by molar-refractivity contribution is 5.71. The Balaban J connectivity index is 3.10. The first-order valence-electron chi connectivity index (χ1n) is 6.33. The third kappa shape index (κ3) is 13.2. The van der Waals surface area contributed by atoms with E-state index in [4.69, 9.17) is 29.2 Å². The first kappa shape index (κ1) is 18.8. The van der Waals surface area contributed by atoms with E-state index in [0.717, 1.165) is 0 Å². The zero-order valence-corrected chi connectivity index (χ0v) is 11.6. The Morgan fingerprint density at radius 1 is 0.850 bits per heavy atom. The summed E-state index contributed by atoms with van der Waals surface area (Å²) in [5.41, 5.74) is 0. The second-order valence-corrected chi connectivity index (χ2v) is 3.83. The molecular formula is C12H22O8. The van der Waals surface area contributed by atoms with Crippen LogP contribution in [-0.2, 0) is 28.5 Å². The molecule has 1 atom stereocenters. The Morgan fingerprint density at radius 2 is 1.30 bits per heavy atom. The number of rotatable bonds is 14. The summed E-state index contributed by atoms with van der Waals surface area (Å²) in [5, 5.41) is 16.9. The average molecular weight is 294 g/mol. The first-order chi connectivity index (χ1) is 9.54. The van der Waals surface area contributed by atoms with Crippen LogP contribution >= 0.6 is 0 Å². The van der Waals surface area contributed by atoms with Crippen LogP contribution in [0.1, 0.15) is 13.3 Å². The molecule has 1 unspecified atom stereocenters. The van der Waals surface area contributed by atoms with Crippen molar-refractivity contribution in [2.75, 3.05) is 46.2 Å². The Morgan fingerprint density at radius 3 is 1.75 bits per heavy atom. The highest BCUT2D eigenvalue weighted by Gasteiger charge is 2.09. The Hall–Kier alpha value is -1.22. The molecule has 0 aromatic carbocycles. The molecule has 0 saturated heterocycles. The molecule has 8 nitrogen and oxygen atoms in total. The fourth-order valence-corrected chi connectivity index (χ4v) is 1.06. The van der Waals surface area contributed by atoms with Gasteiger partial charge in [0.05, 0.1) is 52.7 Å². The van der Waals surface area contributed by atoms with Crippen molar-refractivity contribution in [3.8, 4) is 0 Å². The molecule has 0 aliphatic carbocycles. The van der Waals surface area contributed by atoms with E-state index >= 15 is 0 Å². The van der Waals surface area contributed by atoms with E-state index in [0.29, 0.717) is 33.0 Å². The number of carboxylic acid groups (broad SMARTS) is 2. The van der Waals surface area contributed by atoms with E-state index in [1.807, 2.05) is 0 Å². The highest BCUT2D eigenvalue weighted by Crippen LogP contribution is 1.90. The standard InChI is InChI=1S/C12H22O8/c1-10(12(15)16)20-9-8-19-7-6-18-5-4-17-3-2-11(13)14/h10H,2-9H2,1H3,(H,13,14)(H,15,16). The van der Waals surface area contributed by atoms with Crippen LogP contribution in [0, 0.1) is 0 Å². The van der Waals surface area contributed by atoms with Crippen molar-refractivity contribution in [1.29, 1.82) is 0 Å². The van der Waals surface area contributed by atoms with Gasteiger partial charge in [-0.3, -0.25) is 4.79 Å². The lowest BCUT2D eigenvalue weighted by Crippen LogP contribution is -2.22. The Bertz CT molecular complexity index is 268. The number of ether oxygens (including phenoxy) is 4. The zero-order valence-electron chi connectivity index (χ0n) is 11.6. The summed E-state index contributed by atoms with van der Waals surface area (Å²) in [4.78, 5) is 20.6. The minimum Gasteiger partial charge on any atom is -0.481 e. The molecule has 0 rings (SSSR count). The van der Waals surface area contributed by atoms with Crippen LogP contribution < -0.4 is 0 Å². The van der Waals surface area contributed by atoms with Crippen molar-refractivity contribution in [2.45, 2.75) is 19.4 Å². The summed E-state index contributed by atoms with van der Waals surface area (Å²) in [5.74, 6) is -1.89. The topological polar surface area (TPSA) is 112 Å². The average Bonchev–Trinajstić information content (AvgIpc) is 2.39. The van der Waals surface area contributed by atoms with E-state index in [2.05, 4.69) is 0 Å². The SMILES string of the molecule is CC(OCCOCCOCCOCCC(=O)O)C(=O)O. The second-order valence-electron chi connectivity index (χ2n) is 3.83. The Kier molecular flexibility index (Phi) is 12.0. The van der Waals surface area contributed by atoms with Crippen molar-refractivity contribution >= 4 is 11.9 Å². The molecule has 0 bridgehead atoms. The van der Waals surface area contributed by atoms with Crippen molar-refractivity contribution in [3.63, 3.8) is 0 Å². The fourth-order valence-electron chi connectivity index (χ4n) is 1.06. The third-order valence-corrected chi connectivity index (χ3v) is 2.15. The number of carboxylic acids is 2. The fraction of sp³-hybridized carbons (Fsp3) is 0.833. The van der Waals surface area contributed by atoms with Gasteiger partial charge in [-0.15, -0.1) is 0 Å². The van der Waals surface area contributed by atoms with Crippen molar-refractivity contribution in [1.82, 2.24) is 0 Å². The van der Waals surface area contributed by atoms with Crippen molar-refractivity contribution in [2.24, 2.45) is 0 Å². The van der Waals surface area contributed by atoms with Gasteiger partial charge in [-0.1, -0.05) is 0 Å². The molecule has 0 heterocycles. The third-order valence-electron chi connectivity index (χ3n) is 2.15. The summed E-state index contributed by atoms with van der Waals surface area (Å²) >= 11 is 0. The van der Waals surface area contributed by atoms with Crippen LogP contribution in [0.15, 0.2) is 0 Å². The summed E-state index contributed by atoms with van der Waals surface area (Å²) in [7, 11) is 0. The van der Waals surface area contributed by atoms with E-state index in [1.165, 1.54) is 6.92 Å². The van der Waals surface area contributed by atoms with Crippen LogP contribution in [0.25, 0.3) is 0 Å². The maximum atomic E-state index is 10.4. The number of carbonyl (C=O) groups is 2. The summed E-state index contributed by atoms with van der Waals surface area (Å²) in [6.45, 7) is 3.62. The van der Waals surface area contributed by atoms with Gasteiger partial charge in [0.25, 0.3) is 0 Å². The summed E-state index contributed by atoms with van der Waals surface area (Å²) in [6.07, 6.45) is -0.851. The smallest absolute Gasteiger partial charge is 0.332 e. The maximum absolute atomic E-state index is 10.4. The maximum Gasteiger partial charge on any atom is 0.332 e. The highest BCUT2D eigenvalue weighted by atomic mass is 16.6. The molecular weight excluding hydrogens is 272 g/mol. The lowest BCUT2D eigenvalue weighted by molar-refractivity contribution is -0.150. The van der Waals surface area contributed by atoms with Gasteiger partial charge in [0.1, 0.15) is 0 Å². The van der Waals surface area contributed by atoms with Crippen molar-refractivity contribution in [3.05, 3.63) is 0 Å². The van der Waals surface area contributed by atoms with Gasteiger partial charge in [-0.2, -0.15) is 0 Å². The van der Waals surface area contributed by atoms with E-state index in [-0.39, 0.29) is 19.6 Å². The minimum absolute atomic E-state index is 0.0160. The molecule has 8 heteroatoms. The lowest BCUT2D eigenvalue weighted by atomic mass is 10.4. The monoisotopic (exact) mass is 294 g/mol. The molecule has 0 aromatic heterocycles. The number of aliphatic carboxylic acids is 2. The molecule has 0 aromatic rings. The van der Waals surface area contributed by atoms with Gasteiger partial charge in [-0.05, 0) is 6.92 Å². The number of hydrogen-bond acceptors (Lipinski definition) is 6. The van der Waals surface area contributed by atoms with Gasteiger partial charge in [0.2, 0.25) is 0 Å². The molecule has 0 saturated carbocycles. The molecule has 0 radical (unpaired) electrons. The first-order valence-corrected chi connectivity index (χ1v) is 6.33. The van der Waals surface area contributed by atoms with E-state index in [1.54, 1.807) is 0 Å². The van der Waals surface area contributed by atoms with Crippen LogP contribution in [0.2, 0.25) is 0 Å². The van der Waals surface area contributed by atoms with E-state index in [9.17, 15) is 9.59 Å². The van der Waals surface area contributed by atoms with Crippen molar-refractivity contribution < 1.29 is 38.7 Å². The van der Waals surface area contributed by atoms with E-state index < -0.39 is 18.0 Å². The summed E-state index contributed by atoms with van der Waals surface area (Å²) in [6, 6.07) is 0. The minimum atomic E-state index is -1.00. The number of hydrogen-bond donors (Lipinski definition) is 2. The van der Waals surface area contributed by atoms with Gasteiger partial charge < -0.3 is 29.2 Å². The van der Waals surface area contributed by atoms with Gasteiger partial charge >= 0.3 is 11.9 Å². The largest absolute Gasteiger partial charge is 0.481 e. The lowest BCUT2D eigenvalue weighted by Gasteiger charge is -2.09.